The number of alkyl halides is 2. The molecule has 0 amide bonds. The van der Waals surface area contributed by atoms with Gasteiger partial charge in [-0.2, -0.15) is 8.78 Å². The van der Waals surface area contributed by atoms with Gasteiger partial charge in [0.15, 0.2) is 0 Å². The molecule has 0 aliphatic heterocycles. The van der Waals surface area contributed by atoms with Gasteiger partial charge in [0, 0.05) is 18.7 Å². The van der Waals surface area contributed by atoms with Crippen LogP contribution >= 0.6 is 0 Å². The van der Waals surface area contributed by atoms with Crippen LogP contribution in [0.4, 0.5) is 8.78 Å². The number of halogens is 2. The minimum Gasteiger partial charge on any atom is -0.434 e. The molecule has 0 radical (unpaired) electrons. The van der Waals surface area contributed by atoms with E-state index in [4.69, 9.17) is 0 Å². The number of rotatable bonds is 7. The molecule has 1 N–H and O–H groups in total. The topological polar surface area (TPSA) is 21.3 Å². The number of para-hydroxylation sites is 1. The summed E-state index contributed by atoms with van der Waals surface area (Å²) >= 11 is 0. The summed E-state index contributed by atoms with van der Waals surface area (Å²) in [5, 5.41) is 3.29. The third-order valence-electron chi connectivity index (χ3n) is 3.32. The Kier molecular flexibility index (Phi) is 5.69. The molecule has 0 aliphatic carbocycles. The monoisotopic (exact) mass is 291 g/mol. The van der Waals surface area contributed by atoms with Crippen LogP contribution in [0.3, 0.4) is 0 Å². The van der Waals surface area contributed by atoms with Crippen LogP contribution in [-0.4, -0.2) is 13.2 Å². The number of hydrogen-bond acceptors (Lipinski definition) is 2. The molecule has 2 aromatic rings. The first kappa shape index (κ1) is 15.4. The summed E-state index contributed by atoms with van der Waals surface area (Å²) in [5.74, 6) is 0.585. The lowest BCUT2D eigenvalue weighted by molar-refractivity contribution is -0.0504. The molecule has 0 aliphatic rings. The van der Waals surface area contributed by atoms with Crippen LogP contribution < -0.4 is 10.1 Å². The third kappa shape index (κ3) is 4.83. The summed E-state index contributed by atoms with van der Waals surface area (Å²) in [7, 11) is 0. The first-order chi connectivity index (χ1) is 10.2. The SMILES string of the molecule is CC(CNCc1ccccc1OC(F)F)c1ccccc1. The fourth-order valence-electron chi connectivity index (χ4n) is 2.18. The van der Waals surface area contributed by atoms with E-state index in [1.54, 1.807) is 18.2 Å². The van der Waals surface area contributed by atoms with Gasteiger partial charge in [-0.1, -0.05) is 55.5 Å². The Morgan fingerprint density at radius 2 is 1.67 bits per heavy atom. The van der Waals surface area contributed by atoms with E-state index >= 15 is 0 Å². The summed E-state index contributed by atoms with van der Waals surface area (Å²) in [6.45, 7) is 0.603. The van der Waals surface area contributed by atoms with Crippen molar-refractivity contribution in [3.8, 4) is 5.75 Å². The lowest BCUT2D eigenvalue weighted by Gasteiger charge is -2.15. The van der Waals surface area contributed by atoms with Gasteiger partial charge in [-0.3, -0.25) is 0 Å². The maximum atomic E-state index is 12.3. The molecule has 2 aromatic carbocycles. The van der Waals surface area contributed by atoms with Crippen LogP contribution in [0.15, 0.2) is 54.6 Å². The summed E-state index contributed by atoms with van der Waals surface area (Å²) in [6.07, 6.45) is 0. The Labute approximate surface area is 123 Å². The first-order valence-electron chi connectivity index (χ1n) is 6.95. The molecule has 0 fully saturated rings. The van der Waals surface area contributed by atoms with Crippen LogP contribution in [-0.2, 0) is 6.54 Å². The summed E-state index contributed by atoms with van der Waals surface area (Å²) in [6, 6.07) is 17.0. The van der Waals surface area contributed by atoms with Gasteiger partial charge < -0.3 is 10.1 Å². The second kappa shape index (κ2) is 7.74. The van der Waals surface area contributed by atoms with Crippen molar-refractivity contribution in [3.05, 3.63) is 65.7 Å². The summed E-state index contributed by atoms with van der Waals surface area (Å²) in [5.41, 5.74) is 1.99. The van der Waals surface area contributed by atoms with Crippen LogP contribution in [0.1, 0.15) is 24.0 Å². The highest BCUT2D eigenvalue weighted by atomic mass is 19.3. The molecule has 0 aromatic heterocycles. The highest BCUT2D eigenvalue weighted by molar-refractivity contribution is 5.33. The van der Waals surface area contributed by atoms with Gasteiger partial charge in [-0.15, -0.1) is 0 Å². The van der Waals surface area contributed by atoms with Gasteiger partial charge in [0.2, 0.25) is 0 Å². The lowest BCUT2D eigenvalue weighted by Crippen LogP contribution is -2.20. The maximum absolute atomic E-state index is 12.3. The van der Waals surface area contributed by atoms with Crippen molar-refractivity contribution in [2.24, 2.45) is 0 Å². The first-order valence-corrected chi connectivity index (χ1v) is 6.95. The van der Waals surface area contributed by atoms with Crippen LogP contribution in [0, 0.1) is 0 Å². The van der Waals surface area contributed by atoms with E-state index in [1.165, 1.54) is 5.56 Å². The van der Waals surface area contributed by atoms with Crippen LogP contribution in [0.5, 0.6) is 5.75 Å². The normalized spacial score (nSPS) is 12.4. The fraction of sp³-hybridized carbons (Fsp3) is 0.294. The summed E-state index contributed by atoms with van der Waals surface area (Å²) in [4.78, 5) is 0. The standard InChI is InChI=1S/C17H19F2NO/c1-13(14-7-3-2-4-8-14)11-20-12-15-9-5-6-10-16(15)21-17(18)19/h2-10,13,17,20H,11-12H2,1H3. The zero-order valence-electron chi connectivity index (χ0n) is 11.9. The van der Waals surface area contributed by atoms with Gasteiger partial charge >= 0.3 is 6.61 Å². The van der Waals surface area contributed by atoms with Crippen LogP contribution in [0.2, 0.25) is 0 Å². The lowest BCUT2D eigenvalue weighted by atomic mass is 10.0. The van der Waals surface area contributed by atoms with Crippen molar-refractivity contribution >= 4 is 0 Å². The molecule has 0 saturated heterocycles. The quantitative estimate of drug-likeness (QED) is 0.826. The smallest absolute Gasteiger partial charge is 0.387 e. The van der Waals surface area contributed by atoms with Gasteiger partial charge in [0.05, 0.1) is 0 Å². The molecule has 1 atom stereocenters. The molecule has 0 saturated carbocycles. The molecule has 2 nitrogen and oxygen atoms in total. The average Bonchev–Trinajstić information content (AvgIpc) is 2.49. The van der Waals surface area contributed by atoms with Gasteiger partial charge in [0.25, 0.3) is 0 Å². The fourth-order valence-corrected chi connectivity index (χ4v) is 2.18. The maximum Gasteiger partial charge on any atom is 0.387 e. The zero-order chi connectivity index (χ0) is 15.1. The van der Waals surface area contributed by atoms with Crippen molar-refractivity contribution in [2.45, 2.75) is 26.0 Å². The van der Waals surface area contributed by atoms with Crippen molar-refractivity contribution in [1.29, 1.82) is 0 Å². The molecule has 0 heterocycles. The van der Waals surface area contributed by atoms with E-state index < -0.39 is 6.61 Å². The Hall–Kier alpha value is -1.94. The van der Waals surface area contributed by atoms with E-state index in [9.17, 15) is 8.78 Å². The van der Waals surface area contributed by atoms with E-state index in [0.29, 0.717) is 12.5 Å². The predicted molar refractivity (Wildman–Crippen MR) is 79.6 cm³/mol. The highest BCUT2D eigenvalue weighted by Crippen LogP contribution is 2.20. The minimum absolute atomic E-state index is 0.229. The molecule has 112 valence electrons. The van der Waals surface area contributed by atoms with Crippen molar-refractivity contribution in [2.75, 3.05) is 6.54 Å². The molecule has 2 rings (SSSR count). The Morgan fingerprint density at radius 1 is 1.00 bits per heavy atom. The highest BCUT2D eigenvalue weighted by Gasteiger charge is 2.09. The van der Waals surface area contributed by atoms with Gasteiger partial charge in [-0.05, 0) is 17.5 Å². The molecular formula is C17H19F2NO. The minimum atomic E-state index is -2.80. The van der Waals surface area contributed by atoms with Crippen LogP contribution in [0.25, 0.3) is 0 Å². The number of benzene rings is 2. The van der Waals surface area contributed by atoms with E-state index in [-0.39, 0.29) is 5.75 Å². The van der Waals surface area contributed by atoms with E-state index in [2.05, 4.69) is 29.1 Å². The zero-order valence-corrected chi connectivity index (χ0v) is 11.9. The number of ether oxygens (including phenoxy) is 1. The van der Waals surface area contributed by atoms with Crippen molar-refractivity contribution in [1.82, 2.24) is 5.32 Å². The van der Waals surface area contributed by atoms with Gasteiger partial charge in [0.1, 0.15) is 5.75 Å². The largest absolute Gasteiger partial charge is 0.434 e. The second-order valence-corrected chi connectivity index (χ2v) is 4.93. The van der Waals surface area contributed by atoms with Gasteiger partial charge in [-0.25, -0.2) is 0 Å². The molecule has 0 bridgehead atoms. The Bertz CT molecular complexity index is 545. The molecule has 1 unspecified atom stereocenters. The Morgan fingerprint density at radius 3 is 2.38 bits per heavy atom. The number of nitrogens with one attached hydrogen (secondary N) is 1. The number of hydrogen-bond donors (Lipinski definition) is 1. The molecule has 4 heteroatoms. The van der Waals surface area contributed by atoms with E-state index in [0.717, 1.165) is 12.1 Å². The second-order valence-electron chi connectivity index (χ2n) is 4.93. The average molecular weight is 291 g/mol. The predicted octanol–water partition coefficient (Wildman–Crippen LogP) is 4.18. The van der Waals surface area contributed by atoms with E-state index in [1.807, 2.05) is 24.3 Å². The molecule has 0 spiro atoms. The van der Waals surface area contributed by atoms with Crippen molar-refractivity contribution < 1.29 is 13.5 Å². The molecular weight excluding hydrogens is 272 g/mol. The Balaban J connectivity index is 1.89. The molecule has 21 heavy (non-hydrogen) atoms. The third-order valence-corrected chi connectivity index (χ3v) is 3.32. The summed E-state index contributed by atoms with van der Waals surface area (Å²) < 4.78 is 29.2. The van der Waals surface area contributed by atoms with Crippen molar-refractivity contribution in [3.63, 3.8) is 0 Å².